The van der Waals surface area contributed by atoms with Crippen molar-refractivity contribution in [2.24, 2.45) is 23.7 Å². The first-order valence-corrected chi connectivity index (χ1v) is 7.98. The Labute approximate surface area is 116 Å². The van der Waals surface area contributed by atoms with Crippen LogP contribution in [0.5, 0.6) is 0 Å². The zero-order chi connectivity index (χ0) is 13.1. The van der Waals surface area contributed by atoms with Gasteiger partial charge in [0.15, 0.2) is 0 Å². The summed E-state index contributed by atoms with van der Waals surface area (Å²) in [6, 6.07) is 8.27. The summed E-state index contributed by atoms with van der Waals surface area (Å²) in [6.45, 7) is 6.75. The van der Waals surface area contributed by atoms with E-state index in [1.54, 1.807) is 6.42 Å². The van der Waals surface area contributed by atoms with Gasteiger partial charge in [-0.05, 0) is 80.4 Å². The molecule has 0 radical (unpaired) electrons. The average Bonchev–Trinajstić information content (AvgIpc) is 2.81. The zero-order valence-electron chi connectivity index (χ0n) is 12.3. The van der Waals surface area contributed by atoms with Crippen LogP contribution in [0.4, 0.5) is 0 Å². The van der Waals surface area contributed by atoms with Gasteiger partial charge in [0.2, 0.25) is 0 Å². The van der Waals surface area contributed by atoms with Crippen LogP contribution in [0.3, 0.4) is 0 Å². The third-order valence-corrected chi connectivity index (χ3v) is 6.21. The van der Waals surface area contributed by atoms with E-state index in [1.807, 2.05) is 0 Å². The smallest absolute Gasteiger partial charge is 0.0294 e. The number of rotatable bonds is 3. The third-order valence-electron chi connectivity index (χ3n) is 6.21. The van der Waals surface area contributed by atoms with Crippen LogP contribution in [0.1, 0.15) is 48.9 Å². The number of hydrogen-bond acceptors (Lipinski definition) is 1. The average molecular weight is 255 g/mol. The van der Waals surface area contributed by atoms with Gasteiger partial charge in [0.1, 0.15) is 0 Å². The molecule has 3 saturated carbocycles. The molecule has 19 heavy (non-hydrogen) atoms. The van der Waals surface area contributed by atoms with Gasteiger partial charge in [-0.2, -0.15) is 0 Å². The van der Waals surface area contributed by atoms with Gasteiger partial charge < -0.3 is 5.32 Å². The van der Waals surface area contributed by atoms with E-state index in [1.165, 1.54) is 29.5 Å². The first kappa shape index (κ1) is 12.0. The SMILES string of the molecule is Cc1ccc(C(C)NC2C3C4CCC(C4)C23)cc1C. The number of hydrogen-bond donors (Lipinski definition) is 1. The van der Waals surface area contributed by atoms with Crippen LogP contribution < -0.4 is 5.32 Å². The summed E-state index contributed by atoms with van der Waals surface area (Å²) in [5.41, 5.74) is 4.28. The van der Waals surface area contributed by atoms with Crippen LogP contribution in [0, 0.1) is 37.5 Å². The Morgan fingerprint density at radius 1 is 1.05 bits per heavy atom. The minimum absolute atomic E-state index is 0.509. The van der Waals surface area contributed by atoms with Gasteiger partial charge in [0.05, 0.1) is 0 Å². The van der Waals surface area contributed by atoms with Crippen LogP contribution in [-0.4, -0.2) is 6.04 Å². The lowest BCUT2D eigenvalue weighted by Gasteiger charge is -2.18. The highest BCUT2D eigenvalue weighted by Gasteiger charge is 2.64. The van der Waals surface area contributed by atoms with Crippen LogP contribution in [-0.2, 0) is 0 Å². The number of fused-ring (bicyclic) bond motifs is 5. The molecule has 1 aromatic carbocycles. The molecule has 1 aromatic rings. The quantitative estimate of drug-likeness (QED) is 0.861. The predicted octanol–water partition coefficient (Wildman–Crippen LogP) is 4.00. The van der Waals surface area contributed by atoms with E-state index in [9.17, 15) is 0 Å². The fourth-order valence-corrected chi connectivity index (χ4v) is 4.97. The van der Waals surface area contributed by atoms with Gasteiger partial charge in [-0.1, -0.05) is 18.2 Å². The van der Waals surface area contributed by atoms with Gasteiger partial charge >= 0.3 is 0 Å². The van der Waals surface area contributed by atoms with Gasteiger partial charge in [-0.3, -0.25) is 0 Å². The summed E-state index contributed by atoms with van der Waals surface area (Å²) in [5.74, 6) is 4.21. The molecule has 0 saturated heterocycles. The van der Waals surface area contributed by atoms with Gasteiger partial charge in [-0.15, -0.1) is 0 Å². The maximum Gasteiger partial charge on any atom is 0.0294 e. The topological polar surface area (TPSA) is 12.0 Å². The molecule has 5 atom stereocenters. The van der Waals surface area contributed by atoms with E-state index in [-0.39, 0.29) is 0 Å². The molecule has 3 aliphatic rings. The second-order valence-corrected chi connectivity index (χ2v) is 7.25. The van der Waals surface area contributed by atoms with E-state index in [2.05, 4.69) is 44.3 Å². The number of aryl methyl sites for hydroxylation is 2. The molecule has 2 bridgehead atoms. The lowest BCUT2D eigenvalue weighted by Crippen LogP contribution is -2.26. The number of nitrogens with one attached hydrogen (secondary N) is 1. The summed E-state index contributed by atoms with van der Waals surface area (Å²) in [5, 5.41) is 3.92. The molecule has 0 spiro atoms. The largest absolute Gasteiger partial charge is 0.307 e. The first-order valence-electron chi connectivity index (χ1n) is 7.98. The summed E-state index contributed by atoms with van der Waals surface area (Å²) < 4.78 is 0. The van der Waals surface area contributed by atoms with Crippen molar-refractivity contribution in [1.29, 1.82) is 0 Å². The Hall–Kier alpha value is -0.820. The van der Waals surface area contributed by atoms with Crippen molar-refractivity contribution < 1.29 is 0 Å². The van der Waals surface area contributed by atoms with Gasteiger partial charge in [-0.25, -0.2) is 0 Å². The second kappa shape index (κ2) is 4.09. The second-order valence-electron chi connectivity index (χ2n) is 7.25. The molecule has 1 nitrogen and oxygen atoms in total. The lowest BCUT2D eigenvalue weighted by molar-refractivity contribution is 0.433. The number of benzene rings is 1. The van der Waals surface area contributed by atoms with E-state index in [0.29, 0.717) is 6.04 Å². The van der Waals surface area contributed by atoms with E-state index >= 15 is 0 Å². The maximum absolute atomic E-state index is 3.92. The summed E-state index contributed by atoms with van der Waals surface area (Å²) in [4.78, 5) is 0. The predicted molar refractivity (Wildman–Crippen MR) is 79.1 cm³/mol. The Bertz CT molecular complexity index is 490. The molecular weight excluding hydrogens is 230 g/mol. The highest BCUT2D eigenvalue weighted by Crippen LogP contribution is 2.65. The van der Waals surface area contributed by atoms with Gasteiger partial charge in [0, 0.05) is 12.1 Å². The van der Waals surface area contributed by atoms with Crippen LogP contribution in [0.25, 0.3) is 0 Å². The highest BCUT2D eigenvalue weighted by molar-refractivity contribution is 5.32. The minimum Gasteiger partial charge on any atom is -0.307 e. The van der Waals surface area contributed by atoms with E-state index < -0.39 is 0 Å². The maximum atomic E-state index is 3.92. The van der Waals surface area contributed by atoms with Crippen molar-refractivity contribution in [2.45, 2.75) is 52.1 Å². The Morgan fingerprint density at radius 2 is 1.74 bits per heavy atom. The molecule has 0 aliphatic heterocycles. The molecule has 3 aliphatic carbocycles. The molecule has 1 heteroatoms. The monoisotopic (exact) mass is 255 g/mol. The molecule has 0 aromatic heterocycles. The fraction of sp³-hybridized carbons (Fsp3) is 0.667. The summed E-state index contributed by atoms with van der Waals surface area (Å²) in [7, 11) is 0. The highest BCUT2D eigenvalue weighted by atomic mass is 15.0. The Morgan fingerprint density at radius 3 is 2.37 bits per heavy atom. The van der Waals surface area contributed by atoms with Crippen LogP contribution in [0.15, 0.2) is 18.2 Å². The molecule has 0 amide bonds. The van der Waals surface area contributed by atoms with Crippen molar-refractivity contribution in [3.63, 3.8) is 0 Å². The third kappa shape index (κ3) is 1.78. The molecule has 3 fully saturated rings. The summed E-state index contributed by atoms with van der Waals surface area (Å²) >= 11 is 0. The molecule has 0 heterocycles. The van der Waals surface area contributed by atoms with Crippen LogP contribution >= 0.6 is 0 Å². The molecule has 102 valence electrons. The first-order chi connectivity index (χ1) is 9.15. The van der Waals surface area contributed by atoms with Crippen molar-refractivity contribution in [2.75, 3.05) is 0 Å². The molecule has 5 unspecified atom stereocenters. The van der Waals surface area contributed by atoms with E-state index in [4.69, 9.17) is 0 Å². The minimum atomic E-state index is 0.509. The zero-order valence-corrected chi connectivity index (χ0v) is 12.3. The fourth-order valence-electron chi connectivity index (χ4n) is 4.97. The van der Waals surface area contributed by atoms with E-state index in [0.717, 1.165) is 29.7 Å². The van der Waals surface area contributed by atoms with Crippen molar-refractivity contribution >= 4 is 0 Å². The van der Waals surface area contributed by atoms with Crippen molar-refractivity contribution in [3.05, 3.63) is 34.9 Å². The molecule has 4 rings (SSSR count). The Balaban J connectivity index is 1.45. The summed E-state index contributed by atoms with van der Waals surface area (Å²) in [6.07, 6.45) is 4.58. The normalized spacial score (nSPS) is 40.3. The standard InChI is InChI=1S/C18H25N/c1-10-4-5-13(8-11(10)2)12(3)19-18-16-14-6-7-15(9-14)17(16)18/h4-5,8,12,14-19H,6-7,9H2,1-3H3. The van der Waals surface area contributed by atoms with Gasteiger partial charge in [0.25, 0.3) is 0 Å². The molecule has 1 N–H and O–H groups in total. The van der Waals surface area contributed by atoms with Crippen molar-refractivity contribution in [1.82, 2.24) is 5.32 Å². The molecular formula is C18H25N. The Kier molecular flexibility index (Phi) is 2.57. The lowest BCUT2D eigenvalue weighted by atomic mass is 10.0. The van der Waals surface area contributed by atoms with Crippen LogP contribution in [0.2, 0.25) is 0 Å². The van der Waals surface area contributed by atoms with Crippen molar-refractivity contribution in [3.8, 4) is 0 Å².